The standard InChI is InChI=1S/C13H27NO3/c1-5-13(6-2,10-15)9-14-7-11-8-16-12(3,4)17-11/h11,14-15H,5-10H2,1-4H3. The third-order valence-corrected chi connectivity index (χ3v) is 3.77. The fourth-order valence-corrected chi connectivity index (χ4v) is 2.14. The molecule has 0 amide bonds. The Balaban J connectivity index is 2.28. The summed E-state index contributed by atoms with van der Waals surface area (Å²) < 4.78 is 11.2. The van der Waals surface area contributed by atoms with Crippen LogP contribution in [0.15, 0.2) is 0 Å². The van der Waals surface area contributed by atoms with Crippen LogP contribution in [-0.4, -0.2) is 43.3 Å². The number of hydrogen-bond donors (Lipinski definition) is 2. The Morgan fingerprint density at radius 1 is 1.35 bits per heavy atom. The summed E-state index contributed by atoms with van der Waals surface area (Å²) in [5, 5.41) is 12.8. The van der Waals surface area contributed by atoms with Gasteiger partial charge in [-0.3, -0.25) is 0 Å². The SMILES string of the molecule is CCC(CC)(CO)CNCC1COC(C)(C)O1. The molecule has 0 aromatic rings. The lowest BCUT2D eigenvalue weighted by atomic mass is 9.83. The molecule has 1 unspecified atom stereocenters. The van der Waals surface area contributed by atoms with Crippen LogP contribution in [0.5, 0.6) is 0 Å². The van der Waals surface area contributed by atoms with Crippen molar-refractivity contribution in [2.24, 2.45) is 5.41 Å². The first-order chi connectivity index (χ1) is 7.97. The average Bonchev–Trinajstić information content (AvgIpc) is 2.65. The highest BCUT2D eigenvalue weighted by molar-refractivity contribution is 4.80. The van der Waals surface area contributed by atoms with Gasteiger partial charge in [0.05, 0.1) is 12.7 Å². The quantitative estimate of drug-likeness (QED) is 0.714. The number of aliphatic hydroxyl groups excluding tert-OH is 1. The van der Waals surface area contributed by atoms with Gasteiger partial charge >= 0.3 is 0 Å². The second kappa shape index (κ2) is 6.14. The van der Waals surface area contributed by atoms with Crippen LogP contribution < -0.4 is 5.32 Å². The van der Waals surface area contributed by atoms with Crippen molar-refractivity contribution in [3.8, 4) is 0 Å². The van der Waals surface area contributed by atoms with Crippen LogP contribution >= 0.6 is 0 Å². The summed E-state index contributed by atoms with van der Waals surface area (Å²) >= 11 is 0. The van der Waals surface area contributed by atoms with Crippen molar-refractivity contribution < 1.29 is 14.6 Å². The lowest BCUT2D eigenvalue weighted by Crippen LogP contribution is -2.40. The van der Waals surface area contributed by atoms with E-state index in [1.807, 2.05) is 13.8 Å². The Hall–Kier alpha value is -0.160. The van der Waals surface area contributed by atoms with Crippen molar-refractivity contribution >= 4 is 0 Å². The molecule has 4 nitrogen and oxygen atoms in total. The molecule has 1 atom stereocenters. The van der Waals surface area contributed by atoms with E-state index in [4.69, 9.17) is 9.47 Å². The van der Waals surface area contributed by atoms with E-state index in [1.54, 1.807) is 0 Å². The van der Waals surface area contributed by atoms with Crippen molar-refractivity contribution in [3.05, 3.63) is 0 Å². The van der Waals surface area contributed by atoms with Gasteiger partial charge in [-0.25, -0.2) is 0 Å². The summed E-state index contributed by atoms with van der Waals surface area (Å²) in [6.45, 7) is 10.6. The van der Waals surface area contributed by atoms with Gasteiger partial charge in [-0.05, 0) is 26.7 Å². The summed E-state index contributed by atoms with van der Waals surface area (Å²) in [6, 6.07) is 0. The van der Waals surface area contributed by atoms with Gasteiger partial charge in [0.2, 0.25) is 0 Å². The Morgan fingerprint density at radius 3 is 2.41 bits per heavy atom. The molecule has 0 spiro atoms. The van der Waals surface area contributed by atoms with Crippen LogP contribution in [0, 0.1) is 5.41 Å². The molecule has 0 aromatic heterocycles. The summed E-state index contributed by atoms with van der Waals surface area (Å²) in [5.41, 5.74) is 0.00891. The monoisotopic (exact) mass is 245 g/mol. The predicted octanol–water partition coefficient (Wildman–Crippen LogP) is 1.53. The first kappa shape index (κ1) is 14.9. The highest BCUT2D eigenvalue weighted by atomic mass is 16.7. The average molecular weight is 245 g/mol. The van der Waals surface area contributed by atoms with Crippen LogP contribution in [-0.2, 0) is 9.47 Å². The minimum atomic E-state index is -0.448. The summed E-state index contributed by atoms with van der Waals surface area (Å²) in [5.74, 6) is -0.448. The molecule has 1 aliphatic rings. The predicted molar refractivity (Wildman–Crippen MR) is 67.9 cm³/mol. The maximum atomic E-state index is 9.46. The molecular weight excluding hydrogens is 218 g/mol. The molecule has 1 fully saturated rings. The van der Waals surface area contributed by atoms with Crippen molar-refractivity contribution in [3.63, 3.8) is 0 Å². The maximum Gasteiger partial charge on any atom is 0.163 e. The summed E-state index contributed by atoms with van der Waals surface area (Å²) in [7, 11) is 0. The molecule has 0 aromatic carbocycles. The molecule has 2 N–H and O–H groups in total. The van der Waals surface area contributed by atoms with Crippen molar-refractivity contribution in [2.45, 2.75) is 52.4 Å². The molecule has 0 radical (unpaired) electrons. The molecule has 1 saturated heterocycles. The zero-order valence-corrected chi connectivity index (χ0v) is 11.6. The number of ether oxygens (including phenoxy) is 2. The molecule has 102 valence electrons. The zero-order chi connectivity index (χ0) is 12.9. The molecule has 1 heterocycles. The number of rotatable bonds is 7. The van der Waals surface area contributed by atoms with E-state index in [1.165, 1.54) is 0 Å². The highest BCUT2D eigenvalue weighted by Gasteiger charge is 2.33. The smallest absolute Gasteiger partial charge is 0.163 e. The van der Waals surface area contributed by atoms with Crippen molar-refractivity contribution in [1.82, 2.24) is 5.32 Å². The topological polar surface area (TPSA) is 50.7 Å². The van der Waals surface area contributed by atoms with Crippen LogP contribution in [0.4, 0.5) is 0 Å². The third-order valence-electron chi connectivity index (χ3n) is 3.77. The molecule has 0 bridgehead atoms. The molecule has 17 heavy (non-hydrogen) atoms. The fraction of sp³-hybridized carbons (Fsp3) is 1.00. The maximum absolute atomic E-state index is 9.46. The Bertz CT molecular complexity index is 218. The number of hydrogen-bond acceptors (Lipinski definition) is 4. The zero-order valence-electron chi connectivity index (χ0n) is 11.6. The minimum absolute atomic E-state index is 0.00891. The van der Waals surface area contributed by atoms with Gasteiger partial charge in [-0.15, -0.1) is 0 Å². The van der Waals surface area contributed by atoms with E-state index < -0.39 is 5.79 Å². The second-order valence-electron chi connectivity index (χ2n) is 5.45. The van der Waals surface area contributed by atoms with E-state index in [0.717, 1.165) is 25.9 Å². The summed E-state index contributed by atoms with van der Waals surface area (Å²) in [6.07, 6.45) is 2.09. The van der Waals surface area contributed by atoms with E-state index in [2.05, 4.69) is 19.2 Å². The molecule has 0 aliphatic carbocycles. The van der Waals surface area contributed by atoms with Crippen molar-refractivity contribution in [1.29, 1.82) is 0 Å². The van der Waals surface area contributed by atoms with E-state index in [9.17, 15) is 5.11 Å². The van der Waals surface area contributed by atoms with Gasteiger partial charge in [0.15, 0.2) is 5.79 Å². The van der Waals surface area contributed by atoms with Crippen LogP contribution in [0.25, 0.3) is 0 Å². The Labute approximate surface area is 105 Å². The van der Waals surface area contributed by atoms with Crippen LogP contribution in [0.3, 0.4) is 0 Å². The summed E-state index contributed by atoms with van der Waals surface area (Å²) in [4.78, 5) is 0. The number of aliphatic hydroxyl groups is 1. The van der Waals surface area contributed by atoms with E-state index in [0.29, 0.717) is 6.61 Å². The van der Waals surface area contributed by atoms with E-state index >= 15 is 0 Å². The normalized spacial score (nSPS) is 24.2. The molecule has 1 aliphatic heterocycles. The molecule has 0 saturated carbocycles. The first-order valence-corrected chi connectivity index (χ1v) is 6.60. The Morgan fingerprint density at radius 2 is 2.00 bits per heavy atom. The van der Waals surface area contributed by atoms with Crippen molar-refractivity contribution in [2.75, 3.05) is 26.3 Å². The lowest BCUT2D eigenvalue weighted by molar-refractivity contribution is -0.137. The highest BCUT2D eigenvalue weighted by Crippen LogP contribution is 2.25. The van der Waals surface area contributed by atoms with E-state index in [-0.39, 0.29) is 18.1 Å². The van der Waals surface area contributed by atoms with Gasteiger partial charge in [0, 0.05) is 25.1 Å². The number of nitrogens with one attached hydrogen (secondary N) is 1. The Kier molecular flexibility index (Phi) is 5.38. The van der Waals surface area contributed by atoms with Gasteiger partial charge in [-0.2, -0.15) is 0 Å². The first-order valence-electron chi connectivity index (χ1n) is 6.60. The van der Waals surface area contributed by atoms with Gasteiger partial charge in [-0.1, -0.05) is 13.8 Å². The third kappa shape index (κ3) is 4.21. The molecule has 4 heteroatoms. The molecule has 1 rings (SSSR count). The largest absolute Gasteiger partial charge is 0.396 e. The second-order valence-corrected chi connectivity index (χ2v) is 5.45. The van der Waals surface area contributed by atoms with Gasteiger partial charge < -0.3 is 19.9 Å². The minimum Gasteiger partial charge on any atom is -0.396 e. The van der Waals surface area contributed by atoms with Crippen LogP contribution in [0.1, 0.15) is 40.5 Å². The fourth-order valence-electron chi connectivity index (χ4n) is 2.14. The molecular formula is C13H27NO3. The van der Waals surface area contributed by atoms with Gasteiger partial charge in [0.25, 0.3) is 0 Å². The lowest BCUT2D eigenvalue weighted by Gasteiger charge is -2.30. The van der Waals surface area contributed by atoms with Gasteiger partial charge in [0.1, 0.15) is 0 Å². The van der Waals surface area contributed by atoms with Crippen LogP contribution in [0.2, 0.25) is 0 Å².